The molecule has 0 fully saturated rings. The first-order valence-electron chi connectivity index (χ1n) is 4.91. The summed E-state index contributed by atoms with van der Waals surface area (Å²) in [4.78, 5) is 0. The van der Waals surface area contributed by atoms with E-state index in [0.29, 0.717) is 0 Å². The summed E-state index contributed by atoms with van der Waals surface area (Å²) in [5.41, 5.74) is 0. The van der Waals surface area contributed by atoms with Crippen LogP contribution >= 0.6 is 0 Å². The lowest BCUT2D eigenvalue weighted by atomic mass is 10.1. The summed E-state index contributed by atoms with van der Waals surface area (Å²) in [5.74, 6) is 0.979. The molecule has 0 aromatic heterocycles. The van der Waals surface area contributed by atoms with Crippen molar-refractivity contribution in [2.75, 3.05) is 7.11 Å². The van der Waals surface area contributed by atoms with E-state index >= 15 is 0 Å². The Kier molecular flexibility index (Phi) is 2.55. The van der Waals surface area contributed by atoms with Crippen molar-refractivity contribution in [2.24, 2.45) is 0 Å². The third kappa shape index (κ3) is 1.42. The monoisotopic (exact) mass is 202 g/mol. The molecule has 2 heteroatoms. The van der Waals surface area contributed by atoms with Crippen molar-refractivity contribution in [1.29, 1.82) is 0 Å². The Morgan fingerprint density at radius 3 is 2.36 bits per heavy atom. The van der Waals surface area contributed by atoms with Crippen molar-refractivity contribution in [1.82, 2.24) is 0 Å². The maximum Gasteiger partial charge on any atom is 0.126 e. The van der Waals surface area contributed by atoms with Gasteiger partial charge in [0.05, 0.1) is 16.6 Å². The molecule has 0 bridgehead atoms. The largest absolute Gasteiger partial charge is 0.496 e. The van der Waals surface area contributed by atoms with Gasteiger partial charge in [-0.2, -0.15) is 0 Å². The second kappa shape index (κ2) is 3.84. The van der Waals surface area contributed by atoms with Crippen LogP contribution in [0.25, 0.3) is 10.8 Å². The lowest BCUT2D eigenvalue weighted by Crippen LogP contribution is -2.11. The highest BCUT2D eigenvalue weighted by Crippen LogP contribution is 2.23. The molecule has 0 aliphatic carbocycles. The minimum atomic E-state index is -0.110. The van der Waals surface area contributed by atoms with Crippen LogP contribution in [0.1, 0.15) is 0 Å². The summed E-state index contributed by atoms with van der Waals surface area (Å²) < 4.78 is 5.34. The van der Waals surface area contributed by atoms with Crippen molar-refractivity contribution >= 4 is 25.5 Å². The van der Waals surface area contributed by atoms with Crippen LogP contribution in [0.5, 0.6) is 5.75 Å². The fourth-order valence-electron chi connectivity index (χ4n) is 1.82. The van der Waals surface area contributed by atoms with Crippen molar-refractivity contribution in [2.45, 2.75) is 6.55 Å². The van der Waals surface area contributed by atoms with Crippen LogP contribution in [-0.4, -0.2) is 16.6 Å². The number of ether oxygens (including phenoxy) is 1. The molecule has 0 N–H and O–H groups in total. The standard InChI is InChI=1S/C12H14OSi/c1-13-11-7-8-12(14-2)10-6-4-3-5-9(10)11/h3-8H,14H2,1-2H3. The summed E-state index contributed by atoms with van der Waals surface area (Å²) in [6.07, 6.45) is 0. The molecule has 2 aromatic carbocycles. The molecule has 0 heterocycles. The lowest BCUT2D eigenvalue weighted by Gasteiger charge is -2.08. The van der Waals surface area contributed by atoms with Crippen molar-refractivity contribution in [3.8, 4) is 5.75 Å². The smallest absolute Gasteiger partial charge is 0.126 e. The van der Waals surface area contributed by atoms with E-state index in [1.807, 2.05) is 0 Å². The average molecular weight is 202 g/mol. The van der Waals surface area contributed by atoms with Gasteiger partial charge < -0.3 is 4.74 Å². The molecular weight excluding hydrogens is 188 g/mol. The van der Waals surface area contributed by atoms with E-state index in [1.165, 1.54) is 16.0 Å². The molecule has 2 rings (SSSR count). The lowest BCUT2D eigenvalue weighted by molar-refractivity contribution is 0.420. The Morgan fingerprint density at radius 2 is 1.71 bits per heavy atom. The summed E-state index contributed by atoms with van der Waals surface area (Å²) in [5, 5.41) is 4.12. The molecule has 1 nitrogen and oxygen atoms in total. The van der Waals surface area contributed by atoms with Gasteiger partial charge in [0, 0.05) is 5.39 Å². The topological polar surface area (TPSA) is 9.23 Å². The second-order valence-corrected chi connectivity index (χ2v) is 4.79. The SMILES string of the molecule is COc1ccc([SiH2]C)c2ccccc12. The van der Waals surface area contributed by atoms with Gasteiger partial charge in [-0.1, -0.05) is 42.1 Å². The van der Waals surface area contributed by atoms with E-state index in [9.17, 15) is 0 Å². The molecule has 0 amide bonds. The highest BCUT2D eigenvalue weighted by atomic mass is 28.2. The van der Waals surface area contributed by atoms with Gasteiger partial charge in [0.1, 0.15) is 5.75 Å². The van der Waals surface area contributed by atoms with Gasteiger partial charge in [0.15, 0.2) is 0 Å². The Balaban J connectivity index is 2.78. The van der Waals surface area contributed by atoms with E-state index in [0.717, 1.165) is 5.75 Å². The third-order valence-corrected chi connectivity index (χ3v) is 3.95. The minimum absolute atomic E-state index is 0.110. The van der Waals surface area contributed by atoms with Crippen molar-refractivity contribution in [3.05, 3.63) is 36.4 Å². The number of methoxy groups -OCH3 is 1. The summed E-state index contributed by atoms with van der Waals surface area (Å²) in [6.45, 7) is 2.31. The zero-order valence-corrected chi connectivity index (χ0v) is 9.99. The van der Waals surface area contributed by atoms with Crippen LogP contribution in [0.3, 0.4) is 0 Å². The van der Waals surface area contributed by atoms with Crippen LogP contribution < -0.4 is 9.92 Å². The number of hydrogen-bond donors (Lipinski definition) is 0. The van der Waals surface area contributed by atoms with Gasteiger partial charge in [-0.3, -0.25) is 0 Å². The summed E-state index contributed by atoms with van der Waals surface area (Å²) in [6, 6.07) is 12.7. The highest BCUT2D eigenvalue weighted by molar-refractivity contribution is 6.55. The molecule has 0 unspecified atom stereocenters. The zero-order valence-electron chi connectivity index (χ0n) is 8.58. The number of hydrogen-bond acceptors (Lipinski definition) is 1. The van der Waals surface area contributed by atoms with E-state index in [4.69, 9.17) is 4.74 Å². The van der Waals surface area contributed by atoms with E-state index in [-0.39, 0.29) is 9.52 Å². The normalized spacial score (nSPS) is 11.3. The highest BCUT2D eigenvalue weighted by Gasteiger charge is 2.03. The molecule has 2 aromatic rings. The van der Waals surface area contributed by atoms with Crippen molar-refractivity contribution in [3.63, 3.8) is 0 Å². The number of rotatable bonds is 2. The molecule has 0 saturated carbocycles. The molecule has 14 heavy (non-hydrogen) atoms. The van der Waals surface area contributed by atoms with Crippen LogP contribution in [-0.2, 0) is 0 Å². The van der Waals surface area contributed by atoms with Gasteiger partial charge in [-0.25, -0.2) is 0 Å². The maximum absolute atomic E-state index is 5.34. The van der Waals surface area contributed by atoms with E-state index in [1.54, 1.807) is 7.11 Å². The molecule has 72 valence electrons. The molecule has 0 aliphatic heterocycles. The molecule has 0 radical (unpaired) electrons. The van der Waals surface area contributed by atoms with Crippen LogP contribution in [0.15, 0.2) is 36.4 Å². The quantitative estimate of drug-likeness (QED) is 0.673. The van der Waals surface area contributed by atoms with Gasteiger partial charge in [0.2, 0.25) is 0 Å². The Hall–Kier alpha value is -1.28. The summed E-state index contributed by atoms with van der Waals surface area (Å²) in [7, 11) is 1.62. The van der Waals surface area contributed by atoms with Gasteiger partial charge in [0.25, 0.3) is 0 Å². The number of fused-ring (bicyclic) bond motifs is 1. The first kappa shape index (κ1) is 9.28. The van der Waals surface area contributed by atoms with E-state index < -0.39 is 0 Å². The minimum Gasteiger partial charge on any atom is -0.496 e. The predicted molar refractivity (Wildman–Crippen MR) is 64.5 cm³/mol. The predicted octanol–water partition coefficient (Wildman–Crippen LogP) is 1.69. The molecule has 0 aliphatic rings. The van der Waals surface area contributed by atoms with Crippen LogP contribution in [0.4, 0.5) is 0 Å². The molecule has 0 atom stereocenters. The Morgan fingerprint density at radius 1 is 1.00 bits per heavy atom. The first-order chi connectivity index (χ1) is 6.86. The fourth-order valence-corrected chi connectivity index (χ4v) is 2.86. The third-order valence-electron chi connectivity index (χ3n) is 2.58. The zero-order chi connectivity index (χ0) is 9.97. The Bertz CT molecular complexity index is 409. The van der Waals surface area contributed by atoms with E-state index in [2.05, 4.69) is 42.9 Å². The van der Waals surface area contributed by atoms with Crippen LogP contribution in [0.2, 0.25) is 6.55 Å². The Labute approximate surface area is 86.5 Å². The van der Waals surface area contributed by atoms with Gasteiger partial charge in [-0.15, -0.1) is 0 Å². The fraction of sp³-hybridized carbons (Fsp3) is 0.167. The summed E-state index contributed by atoms with van der Waals surface area (Å²) >= 11 is 0. The maximum atomic E-state index is 5.34. The average Bonchev–Trinajstić information content (AvgIpc) is 2.27. The molecular formula is C12H14OSi. The van der Waals surface area contributed by atoms with Crippen molar-refractivity contribution < 1.29 is 4.74 Å². The van der Waals surface area contributed by atoms with Crippen LogP contribution in [0, 0.1) is 0 Å². The first-order valence-corrected chi connectivity index (χ1v) is 7.03. The number of benzene rings is 2. The second-order valence-electron chi connectivity index (χ2n) is 3.33. The van der Waals surface area contributed by atoms with Gasteiger partial charge in [-0.05, 0) is 11.5 Å². The molecule has 0 saturated heterocycles. The van der Waals surface area contributed by atoms with Gasteiger partial charge >= 0.3 is 0 Å². The molecule has 0 spiro atoms.